The standard InChI is InChI=1S/C19H18ClF4N5O4/c1-9(30)25-10-3-4-28(8-10)17(32)26-13-6-14(12(21)5-11(13)20)29-16(31)7-15(19(22,23)24)27(2)18(29)33/h5-7,10H,3-4,8H2,1-2H3,(H,25,30)(H,26,32). The summed E-state index contributed by atoms with van der Waals surface area (Å²) < 4.78 is 54.1. The third-order valence-corrected chi connectivity index (χ3v) is 5.33. The lowest BCUT2D eigenvalue weighted by Crippen LogP contribution is -2.41. The molecule has 9 nitrogen and oxygen atoms in total. The van der Waals surface area contributed by atoms with Gasteiger partial charge in [0.15, 0.2) is 0 Å². The van der Waals surface area contributed by atoms with Crippen LogP contribution in [0.2, 0.25) is 5.02 Å². The number of likely N-dealkylation sites (tertiary alicyclic amines) is 1. The van der Waals surface area contributed by atoms with Crippen molar-refractivity contribution in [2.75, 3.05) is 18.4 Å². The molecule has 2 heterocycles. The lowest BCUT2D eigenvalue weighted by molar-refractivity contribution is -0.144. The highest BCUT2D eigenvalue weighted by molar-refractivity contribution is 6.33. The van der Waals surface area contributed by atoms with E-state index in [-0.39, 0.29) is 44.4 Å². The minimum absolute atomic E-state index is 0.167. The average molecular weight is 492 g/mol. The van der Waals surface area contributed by atoms with Gasteiger partial charge in [-0.05, 0) is 18.6 Å². The minimum atomic E-state index is -4.98. The number of aromatic nitrogens is 2. The van der Waals surface area contributed by atoms with Crippen LogP contribution in [0.4, 0.5) is 28.0 Å². The number of nitrogens with one attached hydrogen (secondary N) is 2. The number of halogens is 5. The summed E-state index contributed by atoms with van der Waals surface area (Å²) in [4.78, 5) is 49.8. The van der Waals surface area contributed by atoms with Crippen LogP contribution in [0.1, 0.15) is 19.0 Å². The number of alkyl halides is 3. The van der Waals surface area contributed by atoms with Crippen LogP contribution in [0, 0.1) is 5.82 Å². The number of rotatable bonds is 3. The smallest absolute Gasteiger partial charge is 0.352 e. The molecule has 3 rings (SSSR count). The molecule has 33 heavy (non-hydrogen) atoms. The second-order valence-corrected chi connectivity index (χ2v) is 7.80. The molecule has 1 aliphatic heterocycles. The Hall–Kier alpha value is -3.35. The molecule has 0 bridgehead atoms. The van der Waals surface area contributed by atoms with E-state index in [1.807, 2.05) is 0 Å². The Morgan fingerprint density at radius 3 is 2.45 bits per heavy atom. The summed E-state index contributed by atoms with van der Waals surface area (Å²) >= 11 is 5.98. The molecular formula is C19H18ClF4N5O4. The predicted molar refractivity (Wildman–Crippen MR) is 110 cm³/mol. The third-order valence-electron chi connectivity index (χ3n) is 5.01. The number of carbonyl (C=O) groups is 2. The van der Waals surface area contributed by atoms with Crippen molar-refractivity contribution in [3.63, 3.8) is 0 Å². The van der Waals surface area contributed by atoms with E-state index in [1.165, 1.54) is 11.8 Å². The van der Waals surface area contributed by atoms with Crippen molar-refractivity contribution < 1.29 is 27.2 Å². The number of carbonyl (C=O) groups excluding carboxylic acids is 2. The fraction of sp³-hybridized carbons (Fsp3) is 0.368. The van der Waals surface area contributed by atoms with Crippen LogP contribution in [-0.4, -0.2) is 45.1 Å². The maximum atomic E-state index is 14.6. The molecule has 1 fully saturated rings. The second-order valence-electron chi connectivity index (χ2n) is 7.39. The van der Waals surface area contributed by atoms with Gasteiger partial charge in [-0.15, -0.1) is 0 Å². The molecule has 0 radical (unpaired) electrons. The maximum Gasteiger partial charge on any atom is 0.431 e. The second kappa shape index (κ2) is 8.89. The van der Waals surface area contributed by atoms with E-state index in [0.29, 0.717) is 13.0 Å². The van der Waals surface area contributed by atoms with E-state index in [4.69, 9.17) is 11.6 Å². The molecule has 1 saturated heterocycles. The molecule has 0 saturated carbocycles. The van der Waals surface area contributed by atoms with Gasteiger partial charge in [0, 0.05) is 39.2 Å². The zero-order chi connectivity index (χ0) is 24.7. The summed E-state index contributed by atoms with van der Waals surface area (Å²) in [6.45, 7) is 1.85. The molecular weight excluding hydrogens is 474 g/mol. The molecule has 0 aliphatic carbocycles. The zero-order valence-electron chi connectivity index (χ0n) is 17.3. The zero-order valence-corrected chi connectivity index (χ0v) is 18.1. The van der Waals surface area contributed by atoms with E-state index in [2.05, 4.69) is 10.6 Å². The topological polar surface area (TPSA) is 105 Å². The lowest BCUT2D eigenvalue weighted by Gasteiger charge is -2.19. The van der Waals surface area contributed by atoms with Crippen LogP contribution in [0.5, 0.6) is 0 Å². The lowest BCUT2D eigenvalue weighted by atomic mass is 10.2. The van der Waals surface area contributed by atoms with Gasteiger partial charge in [-0.25, -0.2) is 18.5 Å². The summed E-state index contributed by atoms with van der Waals surface area (Å²) in [5.74, 6) is -1.42. The summed E-state index contributed by atoms with van der Waals surface area (Å²) in [6, 6.07) is 0.879. The van der Waals surface area contributed by atoms with Crippen LogP contribution in [0.25, 0.3) is 5.69 Å². The fourth-order valence-corrected chi connectivity index (χ4v) is 3.67. The van der Waals surface area contributed by atoms with Gasteiger partial charge in [-0.1, -0.05) is 11.6 Å². The van der Waals surface area contributed by atoms with Crippen molar-refractivity contribution in [3.8, 4) is 5.69 Å². The van der Waals surface area contributed by atoms with Crippen LogP contribution in [0.15, 0.2) is 27.8 Å². The Bertz CT molecular complexity index is 1240. The Morgan fingerprint density at radius 2 is 1.85 bits per heavy atom. The molecule has 2 N–H and O–H groups in total. The van der Waals surface area contributed by atoms with E-state index in [9.17, 15) is 36.7 Å². The maximum absolute atomic E-state index is 14.6. The summed E-state index contributed by atoms with van der Waals surface area (Å²) in [5.41, 5.74) is -5.21. The van der Waals surface area contributed by atoms with Gasteiger partial charge in [0.25, 0.3) is 5.56 Å². The van der Waals surface area contributed by atoms with Crippen LogP contribution in [-0.2, 0) is 18.0 Å². The molecule has 0 spiro atoms. The van der Waals surface area contributed by atoms with Crippen molar-refractivity contribution in [1.29, 1.82) is 0 Å². The van der Waals surface area contributed by atoms with Crippen molar-refractivity contribution in [2.24, 2.45) is 7.05 Å². The highest BCUT2D eigenvalue weighted by Crippen LogP contribution is 2.29. The van der Waals surface area contributed by atoms with Crippen molar-refractivity contribution in [1.82, 2.24) is 19.4 Å². The molecule has 1 aliphatic rings. The summed E-state index contributed by atoms with van der Waals surface area (Å²) in [6.07, 6.45) is -4.47. The van der Waals surface area contributed by atoms with Gasteiger partial charge in [-0.2, -0.15) is 13.2 Å². The first-order chi connectivity index (χ1) is 15.3. The fourth-order valence-electron chi connectivity index (χ4n) is 3.47. The van der Waals surface area contributed by atoms with Crippen molar-refractivity contribution >= 4 is 29.2 Å². The number of anilines is 1. The Labute approximate surface area is 188 Å². The van der Waals surface area contributed by atoms with Gasteiger partial charge >= 0.3 is 17.9 Å². The molecule has 1 atom stereocenters. The molecule has 1 unspecified atom stereocenters. The Morgan fingerprint density at radius 1 is 1.18 bits per heavy atom. The van der Waals surface area contributed by atoms with E-state index < -0.39 is 40.7 Å². The average Bonchev–Trinajstić information content (AvgIpc) is 3.15. The highest BCUT2D eigenvalue weighted by atomic mass is 35.5. The van der Waals surface area contributed by atoms with E-state index >= 15 is 0 Å². The molecule has 3 amide bonds. The summed E-state index contributed by atoms with van der Waals surface area (Å²) in [7, 11) is 0.788. The number of nitrogens with zero attached hydrogens (tertiary/aromatic N) is 3. The Balaban J connectivity index is 1.96. The van der Waals surface area contributed by atoms with Gasteiger partial charge in [0.05, 0.1) is 16.4 Å². The number of hydrogen-bond donors (Lipinski definition) is 2. The molecule has 178 valence electrons. The van der Waals surface area contributed by atoms with E-state index in [1.54, 1.807) is 0 Å². The van der Waals surface area contributed by atoms with Crippen molar-refractivity contribution in [3.05, 3.63) is 55.6 Å². The number of amides is 3. The number of urea groups is 1. The predicted octanol–water partition coefficient (Wildman–Crippen LogP) is 2.09. The molecule has 14 heteroatoms. The Kier molecular flexibility index (Phi) is 6.54. The minimum Gasteiger partial charge on any atom is -0.352 e. The monoisotopic (exact) mass is 491 g/mol. The largest absolute Gasteiger partial charge is 0.431 e. The quantitative estimate of drug-likeness (QED) is 0.641. The molecule has 1 aromatic heterocycles. The molecule has 2 aromatic rings. The number of hydrogen-bond acceptors (Lipinski definition) is 4. The summed E-state index contributed by atoms with van der Waals surface area (Å²) in [5, 5.41) is 4.84. The first kappa shape index (κ1) is 24.3. The van der Waals surface area contributed by atoms with Crippen LogP contribution in [0.3, 0.4) is 0 Å². The van der Waals surface area contributed by atoms with Gasteiger partial charge in [0.2, 0.25) is 5.91 Å². The van der Waals surface area contributed by atoms with Crippen LogP contribution < -0.4 is 21.9 Å². The normalized spacial score (nSPS) is 16.1. The van der Waals surface area contributed by atoms with E-state index in [0.717, 1.165) is 19.2 Å². The van der Waals surface area contributed by atoms with Gasteiger partial charge in [-0.3, -0.25) is 14.2 Å². The number of benzene rings is 1. The SMILES string of the molecule is CC(=O)NC1CCN(C(=O)Nc2cc(-n3c(=O)cc(C(F)(F)F)n(C)c3=O)c(F)cc2Cl)C1. The van der Waals surface area contributed by atoms with Gasteiger partial charge < -0.3 is 15.5 Å². The third kappa shape index (κ3) is 5.02. The van der Waals surface area contributed by atoms with Gasteiger partial charge in [0.1, 0.15) is 11.5 Å². The van der Waals surface area contributed by atoms with Crippen molar-refractivity contribution in [2.45, 2.75) is 25.6 Å². The highest BCUT2D eigenvalue weighted by Gasteiger charge is 2.35. The first-order valence-corrected chi connectivity index (χ1v) is 9.90. The molecule has 1 aromatic carbocycles. The van der Waals surface area contributed by atoms with Crippen LogP contribution >= 0.6 is 11.6 Å². The first-order valence-electron chi connectivity index (χ1n) is 9.52.